The van der Waals surface area contributed by atoms with Gasteiger partial charge in [-0.2, -0.15) is 0 Å². The number of aromatic nitrogens is 1. The summed E-state index contributed by atoms with van der Waals surface area (Å²) in [6.45, 7) is 0. The van der Waals surface area contributed by atoms with Gasteiger partial charge in [0.15, 0.2) is 0 Å². The molecule has 1 aliphatic rings. The third-order valence-corrected chi connectivity index (χ3v) is 12.9. The maximum absolute atomic E-state index is 2.42. The van der Waals surface area contributed by atoms with Crippen LogP contribution in [0.15, 0.2) is 176 Å². The first-order chi connectivity index (χ1) is 25.8. The highest BCUT2D eigenvalue weighted by molar-refractivity contribution is 7.26. The van der Waals surface area contributed by atoms with Crippen LogP contribution in [0.1, 0.15) is 12.8 Å². The van der Waals surface area contributed by atoms with Crippen LogP contribution in [0, 0.1) is 0 Å². The molecule has 0 radical (unpaired) electrons. The van der Waals surface area contributed by atoms with Gasteiger partial charge in [-0.15, -0.1) is 22.7 Å². The Morgan fingerprint density at radius 1 is 0.442 bits per heavy atom. The Bertz CT molecular complexity index is 3030. The number of rotatable bonds is 5. The van der Waals surface area contributed by atoms with E-state index in [4.69, 9.17) is 0 Å². The molecule has 246 valence electrons. The number of allylic oxidation sites excluding steroid dienone is 3. The summed E-state index contributed by atoms with van der Waals surface area (Å²) in [6.07, 6.45) is 9.07. The molecule has 0 atom stereocenters. The van der Waals surface area contributed by atoms with E-state index >= 15 is 0 Å². The topological polar surface area (TPSA) is 8.17 Å². The minimum atomic E-state index is 1.06. The van der Waals surface area contributed by atoms with Crippen LogP contribution in [0.2, 0.25) is 0 Å². The average molecular weight is 701 g/mol. The molecule has 11 rings (SSSR count). The molecule has 4 heteroatoms. The summed E-state index contributed by atoms with van der Waals surface area (Å²) in [6, 6.07) is 56.2. The van der Waals surface area contributed by atoms with Gasteiger partial charge in [-0.05, 0) is 115 Å². The minimum absolute atomic E-state index is 1.06. The highest BCUT2D eigenvalue weighted by atomic mass is 32.1. The number of para-hydroxylation sites is 3. The number of hydrogen-bond donors (Lipinski definition) is 0. The van der Waals surface area contributed by atoms with E-state index < -0.39 is 0 Å². The highest BCUT2D eigenvalue weighted by Crippen LogP contribution is 2.43. The maximum Gasteiger partial charge on any atom is 0.0541 e. The molecule has 1 aliphatic carbocycles. The molecule has 0 N–H and O–H groups in total. The van der Waals surface area contributed by atoms with Crippen molar-refractivity contribution in [1.29, 1.82) is 0 Å². The fourth-order valence-electron chi connectivity index (χ4n) is 8.16. The second-order valence-electron chi connectivity index (χ2n) is 13.6. The van der Waals surface area contributed by atoms with Crippen LogP contribution in [0.25, 0.3) is 79.0 Å². The Hall–Kier alpha value is -5.94. The number of anilines is 2. The van der Waals surface area contributed by atoms with Gasteiger partial charge in [0.2, 0.25) is 0 Å². The standard InChI is InChI=1S/C48H32N2S2/c1-3-11-33(12-4-1)49(34-13-5-2-6-14-34)35-21-25-47-41(29-35)39-27-31(19-23-45(39)51-47)32-20-24-46-40(28-32)42-30-36(22-26-48(42)52-46)50-43-17-9-7-15-37(43)38-16-8-10-18-44(38)50/h1,3-5,7-30H,2,6H2. The van der Waals surface area contributed by atoms with Crippen LogP contribution < -0.4 is 4.90 Å². The summed E-state index contributed by atoms with van der Waals surface area (Å²) >= 11 is 3.75. The van der Waals surface area contributed by atoms with Crippen molar-refractivity contribution < 1.29 is 0 Å². The predicted octanol–water partition coefficient (Wildman–Crippen LogP) is 14.6. The zero-order valence-electron chi connectivity index (χ0n) is 28.3. The molecule has 0 fully saturated rings. The van der Waals surface area contributed by atoms with Gasteiger partial charge in [0.1, 0.15) is 0 Å². The molecule has 52 heavy (non-hydrogen) atoms. The van der Waals surface area contributed by atoms with Crippen LogP contribution in [-0.2, 0) is 0 Å². The van der Waals surface area contributed by atoms with E-state index in [1.807, 2.05) is 22.7 Å². The fraction of sp³-hybridized carbons (Fsp3) is 0.0417. The first-order valence-corrected chi connectivity index (χ1v) is 19.5. The van der Waals surface area contributed by atoms with E-state index in [-0.39, 0.29) is 0 Å². The van der Waals surface area contributed by atoms with Gasteiger partial charge in [-0.1, -0.05) is 78.9 Å². The molecule has 0 aliphatic heterocycles. The molecule has 2 nitrogen and oxygen atoms in total. The molecule has 7 aromatic carbocycles. The van der Waals surface area contributed by atoms with Crippen molar-refractivity contribution in [3.8, 4) is 16.8 Å². The lowest BCUT2D eigenvalue weighted by Crippen LogP contribution is -2.15. The summed E-state index contributed by atoms with van der Waals surface area (Å²) < 4.78 is 7.68. The number of fused-ring (bicyclic) bond motifs is 9. The molecule has 0 saturated heterocycles. The van der Waals surface area contributed by atoms with E-state index in [2.05, 4.69) is 179 Å². The van der Waals surface area contributed by atoms with E-state index in [0.29, 0.717) is 0 Å². The van der Waals surface area contributed by atoms with Crippen molar-refractivity contribution >= 4 is 96.2 Å². The molecule has 3 aromatic heterocycles. The van der Waals surface area contributed by atoms with Crippen molar-refractivity contribution in [1.82, 2.24) is 4.57 Å². The third-order valence-electron chi connectivity index (χ3n) is 10.6. The van der Waals surface area contributed by atoms with Gasteiger partial charge in [0, 0.05) is 73.9 Å². The minimum Gasteiger partial charge on any atom is -0.311 e. The maximum atomic E-state index is 2.42. The van der Waals surface area contributed by atoms with Gasteiger partial charge in [-0.25, -0.2) is 0 Å². The van der Waals surface area contributed by atoms with Gasteiger partial charge >= 0.3 is 0 Å². The second-order valence-corrected chi connectivity index (χ2v) is 15.8. The van der Waals surface area contributed by atoms with E-state index in [0.717, 1.165) is 12.8 Å². The molecule has 0 spiro atoms. The van der Waals surface area contributed by atoms with Crippen molar-refractivity contribution in [3.63, 3.8) is 0 Å². The second kappa shape index (κ2) is 11.8. The highest BCUT2D eigenvalue weighted by Gasteiger charge is 2.18. The summed E-state index contributed by atoms with van der Waals surface area (Å²) in [7, 11) is 0. The smallest absolute Gasteiger partial charge is 0.0541 e. The van der Waals surface area contributed by atoms with Gasteiger partial charge in [0.05, 0.1) is 11.0 Å². The number of benzene rings is 7. The van der Waals surface area contributed by atoms with Crippen molar-refractivity contribution in [2.24, 2.45) is 0 Å². The van der Waals surface area contributed by atoms with Crippen LogP contribution in [0.4, 0.5) is 11.4 Å². The Kier molecular flexibility index (Phi) is 6.76. The Labute approximate surface area is 309 Å². The summed E-state index contributed by atoms with van der Waals surface area (Å²) in [5.41, 5.74) is 9.76. The van der Waals surface area contributed by atoms with Crippen LogP contribution in [0.3, 0.4) is 0 Å². The van der Waals surface area contributed by atoms with Gasteiger partial charge < -0.3 is 9.47 Å². The SMILES string of the molecule is C1=CC(N(c2ccccc2)c2ccc3sc4ccc(-c5ccc6sc7ccc(-n8c9ccccc9c9ccccc98)cc7c6c5)cc4c3c2)=CCC1. The lowest BCUT2D eigenvalue weighted by molar-refractivity contribution is 0.997. The normalized spacial score (nSPS) is 13.3. The molecule has 3 heterocycles. The van der Waals surface area contributed by atoms with Gasteiger partial charge in [-0.3, -0.25) is 0 Å². The third kappa shape index (κ3) is 4.68. The lowest BCUT2D eigenvalue weighted by Gasteiger charge is -2.27. The van der Waals surface area contributed by atoms with Crippen molar-refractivity contribution in [2.75, 3.05) is 4.90 Å². The average Bonchev–Trinajstić information content (AvgIpc) is 3.87. The molecule has 0 amide bonds. The van der Waals surface area contributed by atoms with Crippen molar-refractivity contribution in [3.05, 3.63) is 176 Å². The Balaban J connectivity index is 1.04. The van der Waals surface area contributed by atoms with E-state index in [1.54, 1.807) is 0 Å². The van der Waals surface area contributed by atoms with Crippen LogP contribution >= 0.6 is 22.7 Å². The monoisotopic (exact) mass is 700 g/mol. The molecular formula is C48H32N2S2. The number of nitrogens with zero attached hydrogens (tertiary/aromatic N) is 2. The quantitative estimate of drug-likeness (QED) is 0.174. The summed E-state index contributed by atoms with van der Waals surface area (Å²) in [5, 5.41) is 7.80. The Morgan fingerprint density at radius 2 is 1.00 bits per heavy atom. The molecule has 0 bridgehead atoms. The zero-order valence-corrected chi connectivity index (χ0v) is 29.9. The zero-order chi connectivity index (χ0) is 34.2. The summed E-state index contributed by atoms with van der Waals surface area (Å²) in [4.78, 5) is 2.39. The summed E-state index contributed by atoms with van der Waals surface area (Å²) in [5.74, 6) is 0. The molecule has 0 unspecified atom stereocenters. The molecular weight excluding hydrogens is 669 g/mol. The fourth-order valence-corrected chi connectivity index (χ4v) is 10.3. The lowest BCUT2D eigenvalue weighted by atomic mass is 10.0. The molecule has 0 saturated carbocycles. The first-order valence-electron chi connectivity index (χ1n) is 17.9. The Morgan fingerprint density at radius 3 is 1.63 bits per heavy atom. The van der Waals surface area contributed by atoms with Crippen LogP contribution in [0.5, 0.6) is 0 Å². The van der Waals surface area contributed by atoms with E-state index in [1.165, 1.54) is 96.0 Å². The van der Waals surface area contributed by atoms with Crippen LogP contribution in [-0.4, -0.2) is 4.57 Å². The largest absolute Gasteiger partial charge is 0.311 e. The number of thiophene rings is 2. The van der Waals surface area contributed by atoms with E-state index in [9.17, 15) is 0 Å². The molecule has 10 aromatic rings. The number of hydrogen-bond acceptors (Lipinski definition) is 3. The first kappa shape index (κ1) is 29.8. The predicted molar refractivity (Wildman–Crippen MR) is 227 cm³/mol. The van der Waals surface area contributed by atoms with Gasteiger partial charge in [0.25, 0.3) is 0 Å². The van der Waals surface area contributed by atoms with Crippen molar-refractivity contribution in [2.45, 2.75) is 12.8 Å².